The molecule has 0 aromatic heterocycles. The SMILES string of the molecule is C=C(C)C(=O)CCCCCCc1ccc(CNCc2ccc(CC3=C(/C=C/C4N(CCC)c5ccccc5C4(C)C)CCC/C3=C\C=C3\N(CCC)c4ccccc4C3(C)C)cc2)cc1. The van der Waals surface area contributed by atoms with Crippen LogP contribution in [-0.4, -0.2) is 24.9 Å². The molecule has 1 atom stereocenters. The summed E-state index contributed by atoms with van der Waals surface area (Å²) in [7, 11) is 0. The standard InChI is InChI=1S/C61H77N3O/c1-9-40-63-55-25-17-15-23-53(55)60(5,6)58(63)38-36-50-21-19-22-51(37-39-59-61(7,8)54-24-16-18-26-56(54)64(59)41-10-2)52(50)42-47-30-34-49(35-31-47)44-62-43-48-32-28-46(29-33-48)20-13-11-12-14-27-57(65)45(3)4/h15-18,23-26,28-39,58,62H,3,9-14,19-22,27,40-44H2,1-2,4-8H3/b38-36+,51-37+,59-39+. The monoisotopic (exact) mass is 868 g/mol. The number of nitrogens with zero attached hydrogens (tertiary/aromatic N) is 2. The number of hydrogen-bond donors (Lipinski definition) is 1. The summed E-state index contributed by atoms with van der Waals surface area (Å²) in [5, 5.41) is 3.70. The highest BCUT2D eigenvalue weighted by molar-refractivity contribution is 5.94. The molecule has 0 radical (unpaired) electrons. The number of ketones is 1. The van der Waals surface area contributed by atoms with E-state index in [0.29, 0.717) is 18.0 Å². The van der Waals surface area contributed by atoms with Crippen LogP contribution in [0.1, 0.15) is 146 Å². The van der Waals surface area contributed by atoms with Gasteiger partial charge in [0.05, 0.1) is 6.04 Å². The number of rotatable bonds is 21. The van der Waals surface area contributed by atoms with Crippen molar-refractivity contribution in [1.82, 2.24) is 5.32 Å². The molecule has 0 spiro atoms. The highest BCUT2D eigenvalue weighted by Crippen LogP contribution is 2.49. The molecule has 2 heterocycles. The Kier molecular flexibility index (Phi) is 16.1. The minimum atomic E-state index is -0.0569. The van der Waals surface area contributed by atoms with E-state index in [-0.39, 0.29) is 16.6 Å². The van der Waals surface area contributed by atoms with Crippen LogP contribution < -0.4 is 15.1 Å². The van der Waals surface area contributed by atoms with E-state index in [1.54, 1.807) is 0 Å². The van der Waals surface area contributed by atoms with E-state index in [9.17, 15) is 4.79 Å². The molecule has 4 nitrogen and oxygen atoms in total. The normalized spacial score (nSPS) is 18.8. The number of allylic oxidation sites excluding steroid dienone is 8. The first-order chi connectivity index (χ1) is 31.4. The van der Waals surface area contributed by atoms with Crippen molar-refractivity contribution in [1.29, 1.82) is 0 Å². The third-order valence-corrected chi connectivity index (χ3v) is 14.5. The minimum absolute atomic E-state index is 0.0231. The van der Waals surface area contributed by atoms with Crippen LogP contribution >= 0.6 is 0 Å². The molecule has 1 unspecified atom stereocenters. The van der Waals surface area contributed by atoms with Crippen LogP contribution in [-0.2, 0) is 41.6 Å². The summed E-state index contributed by atoms with van der Waals surface area (Å²) in [6, 6.07) is 36.9. The molecule has 0 saturated carbocycles. The van der Waals surface area contributed by atoms with Crippen LogP contribution in [0.2, 0.25) is 0 Å². The van der Waals surface area contributed by atoms with Gasteiger partial charge in [0.25, 0.3) is 0 Å². The highest BCUT2D eigenvalue weighted by Gasteiger charge is 2.43. The molecule has 0 saturated heterocycles. The van der Waals surface area contributed by atoms with Gasteiger partial charge in [-0.2, -0.15) is 0 Å². The lowest BCUT2D eigenvalue weighted by Gasteiger charge is -2.32. The van der Waals surface area contributed by atoms with Gasteiger partial charge in [-0.15, -0.1) is 0 Å². The van der Waals surface area contributed by atoms with Crippen LogP contribution in [0.25, 0.3) is 0 Å². The van der Waals surface area contributed by atoms with Crippen molar-refractivity contribution in [3.63, 3.8) is 0 Å². The second-order valence-corrected chi connectivity index (χ2v) is 20.2. The van der Waals surface area contributed by atoms with Crippen LogP contribution in [0.5, 0.6) is 0 Å². The molecular formula is C61H77N3O. The van der Waals surface area contributed by atoms with Gasteiger partial charge in [-0.05, 0) is 139 Å². The number of benzene rings is 4. The summed E-state index contributed by atoms with van der Waals surface area (Å²) in [6.07, 6.45) is 22.7. The first-order valence-corrected chi connectivity index (χ1v) is 25.0. The van der Waals surface area contributed by atoms with Crippen LogP contribution in [0.3, 0.4) is 0 Å². The van der Waals surface area contributed by atoms with Gasteiger partial charge in [0.2, 0.25) is 0 Å². The maximum Gasteiger partial charge on any atom is 0.157 e. The third kappa shape index (κ3) is 11.3. The van der Waals surface area contributed by atoms with Crippen LogP contribution in [0.4, 0.5) is 11.4 Å². The topological polar surface area (TPSA) is 35.6 Å². The molecule has 3 aliphatic rings. The largest absolute Gasteiger partial charge is 0.364 e. The van der Waals surface area contributed by atoms with Gasteiger partial charge in [-0.1, -0.05) is 164 Å². The zero-order valence-corrected chi connectivity index (χ0v) is 40.9. The molecule has 0 amide bonds. The fraction of sp³-hybridized carbons (Fsp3) is 0.426. The number of fused-ring (bicyclic) bond motifs is 2. The Morgan fingerprint density at radius 1 is 0.723 bits per heavy atom. The van der Waals surface area contributed by atoms with Gasteiger partial charge in [0.15, 0.2) is 5.78 Å². The number of nitrogens with one attached hydrogen (secondary N) is 1. The Labute approximate surface area is 393 Å². The molecule has 4 aromatic carbocycles. The predicted octanol–water partition coefficient (Wildman–Crippen LogP) is 14.8. The lowest BCUT2D eigenvalue weighted by molar-refractivity contribution is -0.115. The Hall–Kier alpha value is -5.19. The quantitative estimate of drug-likeness (QED) is 0.0668. The third-order valence-electron chi connectivity index (χ3n) is 14.5. The molecule has 65 heavy (non-hydrogen) atoms. The number of anilines is 2. The van der Waals surface area contributed by atoms with E-state index in [2.05, 4.69) is 185 Å². The Balaban J connectivity index is 1.07. The number of para-hydroxylation sites is 2. The number of unbranched alkanes of at least 4 members (excludes halogenated alkanes) is 3. The fourth-order valence-corrected chi connectivity index (χ4v) is 10.7. The molecule has 342 valence electrons. The molecule has 0 bridgehead atoms. The Morgan fingerprint density at radius 3 is 2.02 bits per heavy atom. The van der Waals surface area contributed by atoms with Gasteiger partial charge >= 0.3 is 0 Å². The predicted molar refractivity (Wildman–Crippen MR) is 278 cm³/mol. The average molecular weight is 868 g/mol. The smallest absolute Gasteiger partial charge is 0.157 e. The molecule has 0 fully saturated rings. The summed E-state index contributed by atoms with van der Waals surface area (Å²) < 4.78 is 0. The maximum absolute atomic E-state index is 11.8. The lowest BCUT2D eigenvalue weighted by atomic mass is 9.79. The maximum atomic E-state index is 11.8. The highest BCUT2D eigenvalue weighted by atomic mass is 16.1. The van der Waals surface area contributed by atoms with Gasteiger partial charge in [0, 0.05) is 60.5 Å². The van der Waals surface area contributed by atoms with E-state index in [0.717, 1.165) is 90.4 Å². The van der Waals surface area contributed by atoms with E-state index < -0.39 is 0 Å². The average Bonchev–Trinajstić information content (AvgIpc) is 3.65. The van der Waals surface area contributed by atoms with Crippen LogP contribution in [0.15, 0.2) is 156 Å². The molecular weight excluding hydrogens is 791 g/mol. The van der Waals surface area contributed by atoms with E-state index in [1.165, 1.54) is 73.6 Å². The number of aryl methyl sites for hydroxylation is 1. The molecule has 2 aliphatic heterocycles. The molecule has 4 aromatic rings. The van der Waals surface area contributed by atoms with Crippen molar-refractivity contribution in [2.45, 2.75) is 155 Å². The number of carbonyl (C=O) groups is 1. The molecule has 1 aliphatic carbocycles. The van der Waals surface area contributed by atoms with Gasteiger partial charge in [0.1, 0.15) is 0 Å². The van der Waals surface area contributed by atoms with Crippen molar-refractivity contribution < 1.29 is 4.79 Å². The number of Topliss-reactive ketones (excluding diaryl/α,β-unsaturated/α-hetero) is 1. The summed E-state index contributed by atoms with van der Waals surface area (Å²) in [5.41, 5.74) is 17.5. The minimum Gasteiger partial charge on any atom is -0.364 e. The van der Waals surface area contributed by atoms with Crippen molar-refractivity contribution >= 4 is 17.2 Å². The lowest BCUT2D eigenvalue weighted by Crippen LogP contribution is -2.40. The van der Waals surface area contributed by atoms with Gasteiger partial charge in [-0.3, -0.25) is 4.79 Å². The molecule has 1 N–H and O–H groups in total. The van der Waals surface area contributed by atoms with Crippen molar-refractivity contribution in [2.24, 2.45) is 0 Å². The van der Waals surface area contributed by atoms with Crippen LogP contribution in [0, 0.1) is 0 Å². The summed E-state index contributed by atoms with van der Waals surface area (Å²) in [4.78, 5) is 17.0. The van der Waals surface area contributed by atoms with Crippen molar-refractivity contribution in [3.8, 4) is 0 Å². The zero-order valence-electron chi connectivity index (χ0n) is 40.9. The van der Waals surface area contributed by atoms with E-state index in [4.69, 9.17) is 0 Å². The molecule has 7 rings (SSSR count). The van der Waals surface area contributed by atoms with E-state index >= 15 is 0 Å². The first-order valence-electron chi connectivity index (χ1n) is 25.0. The van der Waals surface area contributed by atoms with Gasteiger partial charge in [-0.25, -0.2) is 0 Å². The summed E-state index contributed by atoms with van der Waals surface area (Å²) in [5.74, 6) is 0.205. The molecule has 4 heteroatoms. The zero-order chi connectivity index (χ0) is 46.0. The second kappa shape index (κ2) is 21.9. The van der Waals surface area contributed by atoms with E-state index in [1.807, 2.05) is 6.92 Å². The van der Waals surface area contributed by atoms with Crippen molar-refractivity contribution in [3.05, 3.63) is 189 Å². The fourth-order valence-electron chi connectivity index (χ4n) is 10.7. The Morgan fingerprint density at radius 2 is 1.34 bits per heavy atom. The summed E-state index contributed by atoms with van der Waals surface area (Å²) >= 11 is 0. The number of carbonyl (C=O) groups excluding carboxylic acids is 1. The van der Waals surface area contributed by atoms with Crippen molar-refractivity contribution in [2.75, 3.05) is 22.9 Å². The first kappa shape index (κ1) is 47.8. The summed E-state index contributed by atoms with van der Waals surface area (Å²) in [6.45, 7) is 23.6. The number of hydrogen-bond acceptors (Lipinski definition) is 4. The Bertz CT molecular complexity index is 2390. The van der Waals surface area contributed by atoms with Gasteiger partial charge < -0.3 is 15.1 Å². The second-order valence-electron chi connectivity index (χ2n) is 20.2.